The Morgan fingerprint density at radius 1 is 1.06 bits per heavy atom. The van der Waals surface area contributed by atoms with E-state index in [1.54, 1.807) is 6.42 Å². The predicted octanol–water partition coefficient (Wildman–Crippen LogP) is 4.76. The first-order valence-electron chi connectivity index (χ1n) is 8.46. The quantitative estimate of drug-likeness (QED) is 0.613. The number of hydrogen-bond donors (Lipinski definition) is 1. The predicted molar refractivity (Wildman–Crippen MR) is 79.8 cm³/mol. The van der Waals surface area contributed by atoms with Crippen molar-refractivity contribution < 1.29 is 0 Å². The third-order valence-electron chi connectivity index (χ3n) is 5.47. The summed E-state index contributed by atoms with van der Waals surface area (Å²) in [4.78, 5) is 0. The van der Waals surface area contributed by atoms with Crippen molar-refractivity contribution in [3.8, 4) is 0 Å². The molecule has 1 nitrogen and oxygen atoms in total. The Labute approximate surface area is 114 Å². The summed E-state index contributed by atoms with van der Waals surface area (Å²) in [5.74, 6) is 3.13. The van der Waals surface area contributed by atoms with Gasteiger partial charge in [0, 0.05) is 12.1 Å². The Hall–Kier alpha value is -0.0400. The van der Waals surface area contributed by atoms with Crippen LogP contribution in [0.15, 0.2) is 0 Å². The second-order valence-electron chi connectivity index (χ2n) is 7.04. The smallest absolute Gasteiger partial charge is 0.00722 e. The molecule has 0 saturated heterocycles. The van der Waals surface area contributed by atoms with Crippen LogP contribution in [-0.2, 0) is 0 Å². The summed E-state index contributed by atoms with van der Waals surface area (Å²) in [6, 6.07) is 1.47. The summed E-state index contributed by atoms with van der Waals surface area (Å²) in [6.07, 6.45) is 13.1. The van der Waals surface area contributed by atoms with Crippen LogP contribution < -0.4 is 5.32 Å². The molecule has 0 heterocycles. The van der Waals surface area contributed by atoms with Gasteiger partial charge in [0.15, 0.2) is 0 Å². The van der Waals surface area contributed by atoms with E-state index in [1.807, 2.05) is 0 Å². The monoisotopic (exact) mass is 251 g/mol. The van der Waals surface area contributed by atoms with E-state index in [2.05, 4.69) is 26.1 Å². The highest BCUT2D eigenvalue weighted by atomic mass is 14.9. The van der Waals surface area contributed by atoms with Gasteiger partial charge in [0.25, 0.3) is 0 Å². The SMILES string of the molecule is CCCCCCC(C)NC(C)C1CC2CCC1C2. The molecular formula is C17H33N. The third-order valence-corrected chi connectivity index (χ3v) is 5.47. The number of nitrogens with one attached hydrogen (secondary N) is 1. The summed E-state index contributed by atoms with van der Waals surface area (Å²) >= 11 is 0. The van der Waals surface area contributed by atoms with E-state index in [0.29, 0.717) is 0 Å². The average Bonchev–Trinajstić information content (AvgIpc) is 2.96. The lowest BCUT2D eigenvalue weighted by Crippen LogP contribution is -2.41. The average molecular weight is 251 g/mol. The molecular weight excluding hydrogens is 218 g/mol. The lowest BCUT2D eigenvalue weighted by atomic mass is 9.83. The van der Waals surface area contributed by atoms with Gasteiger partial charge in [-0.1, -0.05) is 39.0 Å². The Kier molecular flexibility index (Phi) is 5.54. The van der Waals surface area contributed by atoms with Gasteiger partial charge < -0.3 is 5.32 Å². The van der Waals surface area contributed by atoms with E-state index in [-0.39, 0.29) is 0 Å². The van der Waals surface area contributed by atoms with Crippen LogP contribution in [0.1, 0.15) is 78.6 Å². The highest BCUT2D eigenvalue weighted by Crippen LogP contribution is 2.49. The molecule has 2 aliphatic carbocycles. The molecule has 0 spiro atoms. The van der Waals surface area contributed by atoms with Gasteiger partial charge in [-0.15, -0.1) is 0 Å². The lowest BCUT2D eigenvalue weighted by Gasteiger charge is -2.31. The molecule has 5 unspecified atom stereocenters. The first-order valence-corrected chi connectivity index (χ1v) is 8.46. The zero-order valence-electron chi connectivity index (χ0n) is 12.8. The molecule has 106 valence electrons. The molecule has 0 aromatic rings. The van der Waals surface area contributed by atoms with Crippen LogP contribution in [0.25, 0.3) is 0 Å². The largest absolute Gasteiger partial charge is 0.311 e. The topological polar surface area (TPSA) is 12.0 Å². The Balaban J connectivity index is 1.63. The maximum absolute atomic E-state index is 3.88. The van der Waals surface area contributed by atoms with Crippen LogP contribution in [0.4, 0.5) is 0 Å². The van der Waals surface area contributed by atoms with Crippen molar-refractivity contribution in [3.63, 3.8) is 0 Å². The Morgan fingerprint density at radius 2 is 1.89 bits per heavy atom. The fraction of sp³-hybridized carbons (Fsp3) is 1.00. The molecule has 5 atom stereocenters. The Morgan fingerprint density at radius 3 is 2.50 bits per heavy atom. The molecule has 2 fully saturated rings. The first kappa shape index (κ1) is 14.4. The molecule has 1 heteroatoms. The molecule has 2 bridgehead atoms. The van der Waals surface area contributed by atoms with Crippen molar-refractivity contribution in [2.24, 2.45) is 17.8 Å². The summed E-state index contributed by atoms with van der Waals surface area (Å²) in [5, 5.41) is 3.88. The highest BCUT2D eigenvalue weighted by Gasteiger charge is 2.41. The third kappa shape index (κ3) is 3.73. The van der Waals surface area contributed by atoms with Crippen molar-refractivity contribution in [1.82, 2.24) is 5.32 Å². The van der Waals surface area contributed by atoms with E-state index >= 15 is 0 Å². The maximum atomic E-state index is 3.88. The van der Waals surface area contributed by atoms with Crippen LogP contribution in [0.5, 0.6) is 0 Å². The van der Waals surface area contributed by atoms with E-state index in [1.165, 1.54) is 51.4 Å². The summed E-state index contributed by atoms with van der Waals surface area (Å²) in [5.41, 5.74) is 0. The molecule has 0 aliphatic heterocycles. The molecule has 18 heavy (non-hydrogen) atoms. The minimum Gasteiger partial charge on any atom is -0.311 e. The Bertz CT molecular complexity index is 238. The van der Waals surface area contributed by atoms with E-state index in [9.17, 15) is 0 Å². The first-order chi connectivity index (χ1) is 8.70. The molecule has 0 radical (unpaired) electrons. The highest BCUT2D eigenvalue weighted by molar-refractivity contribution is 4.94. The molecule has 2 rings (SSSR count). The number of fused-ring (bicyclic) bond motifs is 2. The van der Waals surface area contributed by atoms with E-state index < -0.39 is 0 Å². The molecule has 0 amide bonds. The second kappa shape index (κ2) is 6.93. The van der Waals surface area contributed by atoms with Gasteiger partial charge in [0.1, 0.15) is 0 Å². The van der Waals surface area contributed by atoms with Crippen molar-refractivity contribution in [1.29, 1.82) is 0 Å². The van der Waals surface area contributed by atoms with Gasteiger partial charge in [-0.2, -0.15) is 0 Å². The summed E-state index contributed by atoms with van der Waals surface area (Å²) in [6.45, 7) is 7.11. The number of hydrogen-bond acceptors (Lipinski definition) is 1. The van der Waals surface area contributed by atoms with Crippen LogP contribution in [0.2, 0.25) is 0 Å². The van der Waals surface area contributed by atoms with Gasteiger partial charge >= 0.3 is 0 Å². The van der Waals surface area contributed by atoms with Crippen molar-refractivity contribution in [2.45, 2.75) is 90.6 Å². The molecule has 0 aromatic carbocycles. The van der Waals surface area contributed by atoms with E-state index in [0.717, 1.165) is 29.8 Å². The fourth-order valence-corrected chi connectivity index (χ4v) is 4.44. The molecule has 2 aliphatic rings. The second-order valence-corrected chi connectivity index (χ2v) is 7.04. The zero-order valence-corrected chi connectivity index (χ0v) is 12.8. The lowest BCUT2D eigenvalue weighted by molar-refractivity contribution is 0.244. The molecule has 1 N–H and O–H groups in total. The van der Waals surface area contributed by atoms with Crippen LogP contribution in [0.3, 0.4) is 0 Å². The number of unbranched alkanes of at least 4 members (excludes halogenated alkanes) is 3. The van der Waals surface area contributed by atoms with E-state index in [4.69, 9.17) is 0 Å². The van der Waals surface area contributed by atoms with Crippen molar-refractivity contribution in [2.75, 3.05) is 0 Å². The fourth-order valence-electron chi connectivity index (χ4n) is 4.44. The van der Waals surface area contributed by atoms with Gasteiger partial charge in [-0.25, -0.2) is 0 Å². The number of rotatable bonds is 8. The minimum atomic E-state index is 0.719. The normalized spacial score (nSPS) is 33.8. The summed E-state index contributed by atoms with van der Waals surface area (Å²) < 4.78 is 0. The van der Waals surface area contributed by atoms with Crippen molar-refractivity contribution >= 4 is 0 Å². The van der Waals surface area contributed by atoms with Gasteiger partial charge in [0.2, 0.25) is 0 Å². The standard InChI is InChI=1S/C17H33N/c1-4-5-6-7-8-13(2)18-14(3)17-12-15-9-10-16(17)11-15/h13-18H,4-12H2,1-3H3. The minimum absolute atomic E-state index is 0.719. The van der Waals surface area contributed by atoms with Crippen molar-refractivity contribution in [3.05, 3.63) is 0 Å². The maximum Gasteiger partial charge on any atom is 0.00722 e. The van der Waals surface area contributed by atoms with Gasteiger partial charge in [-0.3, -0.25) is 0 Å². The van der Waals surface area contributed by atoms with Crippen LogP contribution >= 0.6 is 0 Å². The zero-order chi connectivity index (χ0) is 13.0. The van der Waals surface area contributed by atoms with Gasteiger partial charge in [-0.05, 0) is 57.3 Å². The van der Waals surface area contributed by atoms with Crippen LogP contribution in [0, 0.1) is 17.8 Å². The van der Waals surface area contributed by atoms with Crippen LogP contribution in [-0.4, -0.2) is 12.1 Å². The molecule has 2 saturated carbocycles. The molecule has 0 aromatic heterocycles. The van der Waals surface area contributed by atoms with Gasteiger partial charge in [0.05, 0.1) is 0 Å². The summed E-state index contributed by atoms with van der Waals surface area (Å²) in [7, 11) is 0.